The molecule has 0 aliphatic heterocycles. The highest BCUT2D eigenvalue weighted by atomic mass is 32.2. The van der Waals surface area contributed by atoms with Crippen LogP contribution in [0, 0.1) is 6.92 Å². The van der Waals surface area contributed by atoms with Crippen molar-refractivity contribution < 1.29 is 4.74 Å². The van der Waals surface area contributed by atoms with Crippen LogP contribution in [0.15, 0.2) is 59.1 Å². The Bertz CT molecular complexity index is 1100. The van der Waals surface area contributed by atoms with Gasteiger partial charge in [-0.3, -0.25) is 0 Å². The summed E-state index contributed by atoms with van der Waals surface area (Å²) in [5.74, 6) is 2.47. The Kier molecular flexibility index (Phi) is 5.45. The molecule has 28 heavy (non-hydrogen) atoms. The van der Waals surface area contributed by atoms with Gasteiger partial charge in [-0.05, 0) is 24.6 Å². The number of benzene rings is 2. The number of methoxy groups -OCH3 is 1. The van der Waals surface area contributed by atoms with Gasteiger partial charge in [0.05, 0.1) is 12.8 Å². The van der Waals surface area contributed by atoms with Gasteiger partial charge in [0, 0.05) is 29.3 Å². The number of ether oxygens (including phenoxy) is 1. The van der Waals surface area contributed by atoms with Gasteiger partial charge < -0.3 is 9.30 Å². The van der Waals surface area contributed by atoms with Gasteiger partial charge in [-0.2, -0.15) is 0 Å². The van der Waals surface area contributed by atoms with Crippen LogP contribution in [-0.2, 0) is 12.8 Å². The van der Waals surface area contributed by atoms with Gasteiger partial charge in [0.2, 0.25) is 0 Å². The average molecular weight is 409 g/mol. The standard InChI is InChI=1S/C21H20N4OS2/c1-14-7-4-5-10-18(14)19-23-24-21(25(19)2)28-13-16-12-27-20(22-16)15-8-6-9-17(11-15)26-3/h4-12H,13H2,1-3H3. The SMILES string of the molecule is COc1cccc(-c2nc(CSc3nnc(-c4ccccc4C)n3C)cs2)c1. The predicted octanol–water partition coefficient (Wildman–Crippen LogP) is 5.21. The van der Waals surface area contributed by atoms with E-state index in [4.69, 9.17) is 9.72 Å². The maximum Gasteiger partial charge on any atom is 0.191 e. The van der Waals surface area contributed by atoms with Crippen molar-refractivity contribution in [3.63, 3.8) is 0 Å². The number of nitrogens with zero attached hydrogens (tertiary/aromatic N) is 4. The molecule has 4 rings (SSSR count). The van der Waals surface area contributed by atoms with Crippen molar-refractivity contribution in [3.05, 3.63) is 65.2 Å². The quantitative estimate of drug-likeness (QED) is 0.410. The zero-order chi connectivity index (χ0) is 19.5. The first-order chi connectivity index (χ1) is 13.7. The highest BCUT2D eigenvalue weighted by Gasteiger charge is 2.14. The smallest absolute Gasteiger partial charge is 0.191 e. The van der Waals surface area contributed by atoms with Crippen LogP contribution in [0.25, 0.3) is 22.0 Å². The van der Waals surface area contributed by atoms with E-state index in [9.17, 15) is 0 Å². The molecule has 2 aromatic carbocycles. The molecule has 0 fully saturated rings. The molecular formula is C21H20N4OS2. The minimum atomic E-state index is 0.750. The van der Waals surface area contributed by atoms with Crippen molar-refractivity contribution in [1.29, 1.82) is 0 Å². The highest BCUT2D eigenvalue weighted by molar-refractivity contribution is 7.98. The van der Waals surface area contributed by atoms with E-state index in [2.05, 4.69) is 40.7 Å². The second-order valence-corrected chi connectivity index (χ2v) is 8.15. The van der Waals surface area contributed by atoms with Gasteiger partial charge >= 0.3 is 0 Å². The first kappa shape index (κ1) is 18.7. The molecule has 142 valence electrons. The van der Waals surface area contributed by atoms with E-state index in [-0.39, 0.29) is 0 Å². The third-order valence-corrected chi connectivity index (χ3v) is 6.43. The van der Waals surface area contributed by atoms with E-state index in [1.165, 1.54) is 5.56 Å². The molecule has 2 heterocycles. The number of aryl methyl sites for hydroxylation is 1. The fraction of sp³-hybridized carbons (Fsp3) is 0.190. The van der Waals surface area contributed by atoms with Gasteiger partial charge in [-0.25, -0.2) is 4.98 Å². The van der Waals surface area contributed by atoms with E-state index >= 15 is 0 Å². The van der Waals surface area contributed by atoms with E-state index in [1.54, 1.807) is 30.2 Å². The van der Waals surface area contributed by atoms with Crippen LogP contribution in [-0.4, -0.2) is 26.9 Å². The Hall–Kier alpha value is -2.64. The third kappa shape index (κ3) is 3.81. The minimum Gasteiger partial charge on any atom is -0.497 e. The molecule has 0 aliphatic rings. The van der Waals surface area contributed by atoms with Crippen LogP contribution in [0.1, 0.15) is 11.3 Å². The minimum absolute atomic E-state index is 0.750. The van der Waals surface area contributed by atoms with Crippen molar-refractivity contribution in [2.24, 2.45) is 7.05 Å². The summed E-state index contributed by atoms with van der Waals surface area (Å²) in [5.41, 5.74) is 4.41. The van der Waals surface area contributed by atoms with Crippen LogP contribution in [0.2, 0.25) is 0 Å². The Labute approximate surface area is 172 Å². The number of aromatic nitrogens is 4. The molecule has 0 amide bonds. The summed E-state index contributed by atoms with van der Waals surface area (Å²) >= 11 is 3.29. The van der Waals surface area contributed by atoms with Crippen molar-refractivity contribution >= 4 is 23.1 Å². The Balaban J connectivity index is 1.49. The van der Waals surface area contributed by atoms with Crippen LogP contribution >= 0.6 is 23.1 Å². The second-order valence-electron chi connectivity index (χ2n) is 6.34. The Morgan fingerprint density at radius 3 is 2.79 bits per heavy atom. The summed E-state index contributed by atoms with van der Waals surface area (Å²) in [6, 6.07) is 16.2. The number of rotatable bonds is 6. The lowest BCUT2D eigenvalue weighted by Gasteiger charge is -2.05. The number of hydrogen-bond donors (Lipinski definition) is 0. The maximum atomic E-state index is 5.30. The zero-order valence-electron chi connectivity index (χ0n) is 15.9. The fourth-order valence-corrected chi connectivity index (χ4v) is 4.63. The zero-order valence-corrected chi connectivity index (χ0v) is 17.5. The van der Waals surface area contributed by atoms with E-state index in [0.717, 1.165) is 44.3 Å². The van der Waals surface area contributed by atoms with Gasteiger partial charge in [-0.15, -0.1) is 21.5 Å². The van der Waals surface area contributed by atoms with Crippen molar-refractivity contribution in [3.8, 4) is 27.7 Å². The molecular weight excluding hydrogens is 388 g/mol. The molecule has 5 nitrogen and oxygen atoms in total. The van der Waals surface area contributed by atoms with Gasteiger partial charge in [-0.1, -0.05) is 48.2 Å². The summed E-state index contributed by atoms with van der Waals surface area (Å²) < 4.78 is 7.35. The molecule has 0 bridgehead atoms. The Morgan fingerprint density at radius 2 is 1.96 bits per heavy atom. The van der Waals surface area contributed by atoms with Crippen molar-refractivity contribution in [2.75, 3.05) is 7.11 Å². The van der Waals surface area contributed by atoms with E-state index < -0.39 is 0 Å². The molecule has 4 aromatic rings. The molecule has 0 spiro atoms. The normalized spacial score (nSPS) is 11.0. The van der Waals surface area contributed by atoms with Crippen LogP contribution in [0.3, 0.4) is 0 Å². The fourth-order valence-electron chi connectivity index (χ4n) is 2.90. The summed E-state index contributed by atoms with van der Waals surface area (Å²) in [6.45, 7) is 2.09. The average Bonchev–Trinajstić information content (AvgIpc) is 3.34. The molecule has 0 radical (unpaired) electrons. The van der Waals surface area contributed by atoms with Crippen LogP contribution < -0.4 is 4.74 Å². The maximum absolute atomic E-state index is 5.30. The van der Waals surface area contributed by atoms with Crippen molar-refractivity contribution in [2.45, 2.75) is 17.8 Å². The monoisotopic (exact) mass is 408 g/mol. The molecule has 0 aliphatic carbocycles. The van der Waals surface area contributed by atoms with Crippen LogP contribution in [0.4, 0.5) is 0 Å². The summed E-state index contributed by atoms with van der Waals surface area (Å²) in [5, 5.41) is 12.7. The molecule has 0 saturated carbocycles. The number of thiazole rings is 1. The number of thioether (sulfide) groups is 1. The largest absolute Gasteiger partial charge is 0.497 e. The lowest BCUT2D eigenvalue weighted by atomic mass is 10.1. The summed E-state index contributed by atoms with van der Waals surface area (Å²) in [7, 11) is 3.68. The predicted molar refractivity (Wildman–Crippen MR) is 115 cm³/mol. The lowest BCUT2D eigenvalue weighted by Crippen LogP contribution is -1.96. The highest BCUT2D eigenvalue weighted by Crippen LogP contribution is 2.30. The summed E-state index contributed by atoms with van der Waals surface area (Å²) in [6.07, 6.45) is 0. The van der Waals surface area contributed by atoms with Crippen LogP contribution in [0.5, 0.6) is 5.75 Å². The Morgan fingerprint density at radius 1 is 1.11 bits per heavy atom. The molecule has 0 saturated heterocycles. The van der Waals surface area contributed by atoms with E-state index in [1.807, 2.05) is 41.9 Å². The first-order valence-corrected chi connectivity index (χ1v) is 10.7. The lowest BCUT2D eigenvalue weighted by molar-refractivity contribution is 0.415. The number of hydrogen-bond acceptors (Lipinski definition) is 6. The summed E-state index contributed by atoms with van der Waals surface area (Å²) in [4.78, 5) is 4.76. The molecule has 7 heteroatoms. The molecule has 0 N–H and O–H groups in total. The third-order valence-electron chi connectivity index (χ3n) is 4.44. The second kappa shape index (κ2) is 8.16. The topological polar surface area (TPSA) is 52.8 Å². The van der Waals surface area contributed by atoms with E-state index in [0.29, 0.717) is 0 Å². The first-order valence-electron chi connectivity index (χ1n) is 8.82. The van der Waals surface area contributed by atoms with Crippen molar-refractivity contribution in [1.82, 2.24) is 19.7 Å². The molecule has 0 unspecified atom stereocenters. The van der Waals surface area contributed by atoms with Gasteiger partial charge in [0.15, 0.2) is 11.0 Å². The van der Waals surface area contributed by atoms with Gasteiger partial charge in [0.25, 0.3) is 0 Å². The van der Waals surface area contributed by atoms with Gasteiger partial charge in [0.1, 0.15) is 10.8 Å². The molecule has 0 atom stereocenters. The molecule has 2 aromatic heterocycles.